The molecule has 13 heteroatoms. The molecule has 2 aliphatic heterocycles. The Bertz CT molecular complexity index is 908. The van der Waals surface area contributed by atoms with Gasteiger partial charge in [-0.3, -0.25) is 14.4 Å². The number of carboxylic acid groups (broad SMARTS) is 1. The molecule has 0 bridgehead atoms. The van der Waals surface area contributed by atoms with Gasteiger partial charge in [-0.25, -0.2) is 9.59 Å². The topological polar surface area (TPSA) is 181 Å². The van der Waals surface area contributed by atoms with Crippen LogP contribution in [0.4, 0.5) is 9.59 Å². The molecule has 0 spiro atoms. The molecule has 0 aromatic rings. The molecule has 0 radical (unpaired) electrons. The molecule has 2 rings (SSSR count). The van der Waals surface area contributed by atoms with Crippen LogP contribution in [0.25, 0.3) is 0 Å². The molecule has 0 aromatic heterocycles. The second kappa shape index (κ2) is 17.1. The van der Waals surface area contributed by atoms with E-state index in [0.29, 0.717) is 50.9 Å². The first kappa shape index (κ1) is 35.1. The molecule has 2 aliphatic rings. The van der Waals surface area contributed by atoms with E-state index < -0.39 is 29.6 Å². The predicted octanol–water partition coefficient (Wildman–Crippen LogP) is 2.32. The number of amides is 4. The molecule has 2 fully saturated rings. The van der Waals surface area contributed by atoms with Crippen molar-refractivity contribution in [3.05, 3.63) is 0 Å². The van der Waals surface area contributed by atoms with Crippen LogP contribution in [0.15, 0.2) is 0 Å². The summed E-state index contributed by atoms with van der Waals surface area (Å²) in [6, 6.07) is -0.980. The van der Waals surface area contributed by atoms with Gasteiger partial charge in [0.25, 0.3) is 0 Å². The van der Waals surface area contributed by atoms with E-state index in [1.807, 2.05) is 20.8 Å². The number of nitrogens with one attached hydrogen (secondary N) is 2. The van der Waals surface area contributed by atoms with Crippen molar-refractivity contribution >= 4 is 30.0 Å². The first-order chi connectivity index (χ1) is 19.8. The van der Waals surface area contributed by atoms with Gasteiger partial charge in [0.2, 0.25) is 11.8 Å². The van der Waals surface area contributed by atoms with Crippen molar-refractivity contribution in [1.29, 1.82) is 0 Å². The third-order valence-electron chi connectivity index (χ3n) is 7.90. The zero-order valence-corrected chi connectivity index (χ0v) is 25.7. The summed E-state index contributed by atoms with van der Waals surface area (Å²) in [6.07, 6.45) is 4.97. The van der Waals surface area contributed by atoms with Gasteiger partial charge in [-0.2, -0.15) is 0 Å². The molecule has 4 amide bonds. The van der Waals surface area contributed by atoms with Gasteiger partial charge >= 0.3 is 18.2 Å². The lowest BCUT2D eigenvalue weighted by Gasteiger charge is -2.34. The highest BCUT2D eigenvalue weighted by Crippen LogP contribution is 2.29. The highest BCUT2D eigenvalue weighted by atomic mass is 16.6. The minimum Gasteiger partial charge on any atom is -0.465 e. The molecule has 42 heavy (non-hydrogen) atoms. The number of hydrogen-bond acceptors (Lipinski definition) is 8. The largest absolute Gasteiger partial charge is 0.465 e. The molecular formula is C29H51N5O8. The maximum absolute atomic E-state index is 13.2. The van der Waals surface area contributed by atoms with Gasteiger partial charge in [-0.1, -0.05) is 0 Å². The van der Waals surface area contributed by atoms with Crippen LogP contribution in [0, 0.1) is 17.8 Å². The van der Waals surface area contributed by atoms with E-state index in [0.717, 1.165) is 38.5 Å². The molecule has 2 atom stereocenters. The van der Waals surface area contributed by atoms with Gasteiger partial charge in [0.05, 0.1) is 13.2 Å². The molecule has 0 aliphatic carbocycles. The molecule has 13 nitrogen and oxygen atoms in total. The Labute approximate surface area is 249 Å². The minimum absolute atomic E-state index is 0.0893. The number of hydrogen-bond donors (Lipinski definition) is 4. The van der Waals surface area contributed by atoms with E-state index in [-0.39, 0.29) is 37.6 Å². The third kappa shape index (κ3) is 12.8. The summed E-state index contributed by atoms with van der Waals surface area (Å²) >= 11 is 0. The molecule has 2 saturated heterocycles. The monoisotopic (exact) mass is 597 g/mol. The number of esters is 1. The molecule has 0 aromatic carbocycles. The predicted molar refractivity (Wildman–Crippen MR) is 155 cm³/mol. The third-order valence-corrected chi connectivity index (χ3v) is 7.90. The quantitative estimate of drug-likeness (QED) is 0.232. The molecule has 1 unspecified atom stereocenters. The second-order valence-corrected chi connectivity index (χ2v) is 12.4. The van der Waals surface area contributed by atoms with E-state index in [4.69, 9.17) is 15.2 Å². The summed E-state index contributed by atoms with van der Waals surface area (Å²) in [5, 5.41) is 14.5. The van der Waals surface area contributed by atoms with E-state index in [9.17, 15) is 29.1 Å². The normalized spacial score (nSPS) is 18.1. The van der Waals surface area contributed by atoms with Gasteiger partial charge in [-0.15, -0.1) is 0 Å². The van der Waals surface area contributed by atoms with Gasteiger partial charge in [0, 0.05) is 38.6 Å². The molecule has 0 saturated carbocycles. The van der Waals surface area contributed by atoms with Crippen molar-refractivity contribution in [2.45, 2.75) is 90.7 Å². The lowest BCUT2D eigenvalue weighted by Crippen LogP contribution is -2.46. The summed E-state index contributed by atoms with van der Waals surface area (Å²) in [6.45, 7) is 9.33. The lowest BCUT2D eigenvalue weighted by atomic mass is 9.84. The fraction of sp³-hybridized carbons (Fsp3) is 0.828. The summed E-state index contributed by atoms with van der Waals surface area (Å²) < 4.78 is 10.3. The first-order valence-electron chi connectivity index (χ1n) is 15.2. The fourth-order valence-electron chi connectivity index (χ4n) is 5.35. The Morgan fingerprint density at radius 2 is 1.43 bits per heavy atom. The maximum atomic E-state index is 13.2. The highest BCUT2D eigenvalue weighted by molar-refractivity contribution is 5.86. The number of piperidine rings is 2. The zero-order valence-electron chi connectivity index (χ0n) is 25.7. The van der Waals surface area contributed by atoms with Crippen LogP contribution in [-0.2, 0) is 23.9 Å². The summed E-state index contributed by atoms with van der Waals surface area (Å²) in [4.78, 5) is 63.9. The zero-order chi connectivity index (χ0) is 31.3. The van der Waals surface area contributed by atoms with Crippen molar-refractivity contribution in [2.75, 3.05) is 45.9 Å². The van der Waals surface area contributed by atoms with Crippen molar-refractivity contribution < 1.29 is 38.6 Å². The Morgan fingerprint density at radius 3 is 1.90 bits per heavy atom. The van der Waals surface area contributed by atoms with E-state index in [1.54, 1.807) is 11.8 Å². The standard InChI is InChI=1S/C29H51N5O8/c1-5-41-26(37)23(30)18-31-24(35)19-32-25(36)22(8-6-20-10-14-33(15-11-20)27(38)39)9-7-21-12-16-34(17-13-21)28(40)42-29(2,3)4/h20-23H,5-19,30H2,1-4H3,(H,31,35)(H,32,36)(H,38,39)/t22?,23-/m0/s1. The van der Waals surface area contributed by atoms with Crippen LogP contribution in [-0.4, -0.2) is 102 Å². The van der Waals surface area contributed by atoms with Crippen LogP contribution in [0.5, 0.6) is 0 Å². The number of likely N-dealkylation sites (tertiary alicyclic amines) is 2. The average molecular weight is 598 g/mol. The molecule has 5 N–H and O–H groups in total. The molecule has 240 valence electrons. The SMILES string of the molecule is CCOC(=O)[C@@H](N)CNC(=O)CNC(=O)C(CCC1CCN(C(=O)O)CC1)CCC1CCN(C(=O)OC(C)(C)C)CC1. The van der Waals surface area contributed by atoms with Gasteiger partial charge in [0.1, 0.15) is 11.6 Å². The number of carbonyl (C=O) groups is 5. The second-order valence-electron chi connectivity index (χ2n) is 12.4. The Kier molecular flexibility index (Phi) is 14.3. The van der Waals surface area contributed by atoms with Gasteiger partial charge < -0.3 is 40.7 Å². The Morgan fingerprint density at radius 1 is 0.905 bits per heavy atom. The van der Waals surface area contributed by atoms with Gasteiger partial charge in [0.15, 0.2) is 0 Å². The lowest BCUT2D eigenvalue weighted by molar-refractivity contribution is -0.144. The van der Waals surface area contributed by atoms with Crippen molar-refractivity contribution in [3.63, 3.8) is 0 Å². The van der Waals surface area contributed by atoms with Crippen LogP contribution >= 0.6 is 0 Å². The first-order valence-corrected chi connectivity index (χ1v) is 15.2. The van der Waals surface area contributed by atoms with E-state index >= 15 is 0 Å². The summed E-state index contributed by atoms with van der Waals surface area (Å²) in [7, 11) is 0. The van der Waals surface area contributed by atoms with Crippen molar-refractivity contribution in [1.82, 2.24) is 20.4 Å². The van der Waals surface area contributed by atoms with Crippen LogP contribution < -0.4 is 16.4 Å². The number of ether oxygens (including phenoxy) is 2. The average Bonchev–Trinajstić information content (AvgIpc) is 2.94. The molecular weight excluding hydrogens is 546 g/mol. The maximum Gasteiger partial charge on any atom is 0.410 e. The number of rotatable bonds is 13. The molecule has 2 heterocycles. The van der Waals surface area contributed by atoms with Crippen LogP contribution in [0.2, 0.25) is 0 Å². The highest BCUT2D eigenvalue weighted by Gasteiger charge is 2.29. The Hall–Kier alpha value is -3.09. The van der Waals surface area contributed by atoms with Crippen molar-refractivity contribution in [2.24, 2.45) is 23.5 Å². The Balaban J connectivity index is 1.86. The summed E-state index contributed by atoms with van der Waals surface area (Å²) in [5.41, 5.74) is 5.17. The minimum atomic E-state index is -0.980. The number of carbonyl (C=O) groups excluding carboxylic acids is 4. The van der Waals surface area contributed by atoms with Crippen LogP contribution in [0.1, 0.15) is 79.1 Å². The summed E-state index contributed by atoms with van der Waals surface area (Å²) in [5.74, 6) is -0.813. The number of nitrogens with zero attached hydrogens (tertiary/aromatic N) is 2. The van der Waals surface area contributed by atoms with E-state index in [1.165, 1.54) is 4.90 Å². The van der Waals surface area contributed by atoms with Crippen LogP contribution in [0.3, 0.4) is 0 Å². The smallest absolute Gasteiger partial charge is 0.410 e. The number of nitrogens with two attached hydrogens (primary N) is 1. The fourth-order valence-corrected chi connectivity index (χ4v) is 5.35. The van der Waals surface area contributed by atoms with Crippen molar-refractivity contribution in [3.8, 4) is 0 Å². The van der Waals surface area contributed by atoms with Gasteiger partial charge in [-0.05, 0) is 90.9 Å². The van der Waals surface area contributed by atoms with E-state index in [2.05, 4.69) is 10.6 Å².